The van der Waals surface area contributed by atoms with Gasteiger partial charge in [0.25, 0.3) is 0 Å². The number of likely N-dealkylation sites (tertiary alicyclic amines) is 1. The van der Waals surface area contributed by atoms with Gasteiger partial charge in [-0.2, -0.15) is 0 Å². The van der Waals surface area contributed by atoms with Crippen molar-refractivity contribution >= 4 is 54.1 Å². The molecule has 4 atom stereocenters. The number of hydrogen-bond donors (Lipinski definition) is 2. The molecule has 2 rings (SSSR count). The van der Waals surface area contributed by atoms with E-state index in [0.717, 1.165) is 11.4 Å². The van der Waals surface area contributed by atoms with E-state index in [1.807, 2.05) is 12.3 Å². The first kappa shape index (κ1) is 29.4. The van der Waals surface area contributed by atoms with Crippen LogP contribution in [0.15, 0.2) is 11.6 Å². The van der Waals surface area contributed by atoms with Crippen LogP contribution in [0.4, 0.5) is 4.79 Å². The lowest BCUT2D eigenvalue weighted by Gasteiger charge is -2.34. The molecule has 1 aromatic rings. The number of halogens is 2. The third-order valence-electron chi connectivity index (χ3n) is 5.08. The largest absolute Gasteiger partial charge is 0.480 e. The summed E-state index contributed by atoms with van der Waals surface area (Å²) in [6.45, 7) is 9.24. The quantitative estimate of drug-likeness (QED) is 0.586. The Labute approximate surface area is 199 Å². The third kappa shape index (κ3) is 8.12. The lowest BCUT2D eigenvalue weighted by molar-refractivity contribution is -0.142. The molecule has 0 bridgehead atoms. The standard InChI is InChI=1S/C20H31N3O5S.2ClH/c1-6-13(11-22-12(2)24)9-15-14(17-21-7-8-29-17)10-16(18(25)26)23(15)19(27)28-20(3,4)5;;/h7-8,13-16H,6,9-11H2,1-5H3,(H,22,24)(H,25,26);2*1H/t13?,14-,15-,16-;;/m1../s1. The number of thiazole rings is 1. The number of ether oxygens (including phenoxy) is 1. The predicted molar refractivity (Wildman–Crippen MR) is 124 cm³/mol. The molecule has 31 heavy (non-hydrogen) atoms. The maximum atomic E-state index is 13.0. The fourth-order valence-electron chi connectivity index (χ4n) is 3.72. The van der Waals surface area contributed by atoms with Crippen LogP contribution < -0.4 is 5.32 Å². The van der Waals surface area contributed by atoms with Crippen molar-refractivity contribution in [2.75, 3.05) is 6.54 Å². The minimum absolute atomic E-state index is 0. The molecule has 8 nitrogen and oxygen atoms in total. The Morgan fingerprint density at radius 3 is 2.45 bits per heavy atom. The molecule has 1 aliphatic rings. The molecule has 2 N–H and O–H groups in total. The Morgan fingerprint density at radius 1 is 1.35 bits per heavy atom. The zero-order valence-electron chi connectivity index (χ0n) is 18.5. The summed E-state index contributed by atoms with van der Waals surface area (Å²) in [5, 5.41) is 15.3. The van der Waals surface area contributed by atoms with Crippen LogP contribution in [0.1, 0.15) is 64.8 Å². The van der Waals surface area contributed by atoms with Gasteiger partial charge in [0.2, 0.25) is 5.91 Å². The number of carboxylic acids is 1. The van der Waals surface area contributed by atoms with E-state index >= 15 is 0 Å². The maximum absolute atomic E-state index is 13.0. The van der Waals surface area contributed by atoms with Crippen molar-refractivity contribution < 1.29 is 24.2 Å². The SMILES string of the molecule is CCC(CNC(C)=O)C[C@@H]1[C@H](c2nccs2)C[C@H](C(=O)O)N1C(=O)OC(C)(C)C.Cl.Cl. The predicted octanol–water partition coefficient (Wildman–Crippen LogP) is 4.09. The van der Waals surface area contributed by atoms with Crippen LogP contribution in [0.3, 0.4) is 0 Å². The third-order valence-corrected chi connectivity index (χ3v) is 5.99. The Balaban J connectivity index is 0.00000450. The van der Waals surface area contributed by atoms with Gasteiger partial charge >= 0.3 is 12.1 Å². The fourth-order valence-corrected chi connectivity index (χ4v) is 4.53. The van der Waals surface area contributed by atoms with E-state index in [1.165, 1.54) is 23.2 Å². The second-order valence-electron chi connectivity index (χ2n) is 8.47. The number of rotatable bonds is 7. The van der Waals surface area contributed by atoms with Gasteiger partial charge in [-0.25, -0.2) is 14.6 Å². The highest BCUT2D eigenvalue weighted by atomic mass is 35.5. The molecule has 1 aromatic heterocycles. The number of aromatic nitrogens is 1. The van der Waals surface area contributed by atoms with Gasteiger partial charge in [-0.15, -0.1) is 36.2 Å². The molecule has 0 aliphatic carbocycles. The summed E-state index contributed by atoms with van der Waals surface area (Å²) in [6, 6.07) is -1.34. The number of aliphatic carboxylic acids is 1. The monoisotopic (exact) mass is 497 g/mol. The highest BCUT2D eigenvalue weighted by Crippen LogP contribution is 2.42. The number of carbonyl (C=O) groups excluding carboxylic acids is 2. The average molecular weight is 498 g/mol. The van der Waals surface area contributed by atoms with E-state index in [1.54, 1.807) is 27.0 Å². The summed E-state index contributed by atoms with van der Waals surface area (Å²) in [6.07, 6.45) is 2.72. The molecule has 0 spiro atoms. The van der Waals surface area contributed by atoms with Gasteiger partial charge in [-0.1, -0.05) is 13.3 Å². The maximum Gasteiger partial charge on any atom is 0.411 e. The zero-order chi connectivity index (χ0) is 21.8. The van der Waals surface area contributed by atoms with Crippen LogP contribution >= 0.6 is 36.2 Å². The van der Waals surface area contributed by atoms with Gasteiger partial charge < -0.3 is 15.2 Å². The molecule has 0 aromatic carbocycles. The van der Waals surface area contributed by atoms with Crippen molar-refractivity contribution in [3.05, 3.63) is 16.6 Å². The van der Waals surface area contributed by atoms with Crippen molar-refractivity contribution in [1.82, 2.24) is 15.2 Å². The number of carbonyl (C=O) groups is 3. The summed E-state index contributed by atoms with van der Waals surface area (Å²) < 4.78 is 5.55. The van der Waals surface area contributed by atoms with Gasteiger partial charge in [-0.3, -0.25) is 9.69 Å². The topological polar surface area (TPSA) is 109 Å². The number of carboxylic acid groups (broad SMARTS) is 1. The van der Waals surface area contributed by atoms with Crippen molar-refractivity contribution in [1.29, 1.82) is 0 Å². The molecule has 11 heteroatoms. The molecule has 1 unspecified atom stereocenters. The molecular formula is C20H33Cl2N3O5S. The molecule has 0 saturated carbocycles. The van der Waals surface area contributed by atoms with Gasteiger partial charge in [0.05, 0.1) is 5.01 Å². The molecule has 178 valence electrons. The number of nitrogens with zero attached hydrogens (tertiary/aromatic N) is 2. The van der Waals surface area contributed by atoms with Crippen LogP contribution in [-0.2, 0) is 14.3 Å². The van der Waals surface area contributed by atoms with E-state index in [0.29, 0.717) is 19.4 Å². The summed E-state index contributed by atoms with van der Waals surface area (Å²) in [5.41, 5.74) is -0.732. The molecule has 0 radical (unpaired) electrons. The Morgan fingerprint density at radius 2 is 2.00 bits per heavy atom. The van der Waals surface area contributed by atoms with E-state index in [9.17, 15) is 19.5 Å². The molecule has 2 amide bonds. The van der Waals surface area contributed by atoms with E-state index in [2.05, 4.69) is 10.3 Å². The first-order chi connectivity index (χ1) is 13.5. The lowest BCUT2D eigenvalue weighted by Crippen LogP contribution is -2.48. The second kappa shape index (κ2) is 12.5. The zero-order valence-corrected chi connectivity index (χ0v) is 20.9. The van der Waals surface area contributed by atoms with Gasteiger partial charge in [-0.05, 0) is 39.5 Å². The van der Waals surface area contributed by atoms with Crippen molar-refractivity contribution in [3.63, 3.8) is 0 Å². The number of nitrogens with one attached hydrogen (secondary N) is 1. The number of hydrogen-bond acceptors (Lipinski definition) is 6. The first-order valence-corrected chi connectivity index (χ1v) is 10.8. The fraction of sp³-hybridized carbons (Fsp3) is 0.700. The second-order valence-corrected chi connectivity index (χ2v) is 9.39. The van der Waals surface area contributed by atoms with Crippen LogP contribution in [0.25, 0.3) is 0 Å². The van der Waals surface area contributed by atoms with Gasteiger partial charge in [0, 0.05) is 37.0 Å². The summed E-state index contributed by atoms with van der Waals surface area (Å²) in [5.74, 6) is -1.24. The molecule has 1 fully saturated rings. The molecule has 1 saturated heterocycles. The normalized spacial score (nSPS) is 21.5. The van der Waals surface area contributed by atoms with Gasteiger partial charge in [0.15, 0.2) is 0 Å². The Kier molecular flexibility index (Phi) is 11.8. The van der Waals surface area contributed by atoms with Crippen molar-refractivity contribution in [3.8, 4) is 0 Å². The van der Waals surface area contributed by atoms with Crippen LogP contribution in [0, 0.1) is 5.92 Å². The highest BCUT2D eigenvalue weighted by molar-refractivity contribution is 7.09. The number of amides is 2. The molecular weight excluding hydrogens is 465 g/mol. The first-order valence-electron chi connectivity index (χ1n) is 9.91. The highest BCUT2D eigenvalue weighted by Gasteiger charge is 2.50. The average Bonchev–Trinajstić information content (AvgIpc) is 3.24. The smallest absolute Gasteiger partial charge is 0.411 e. The molecule has 2 heterocycles. The van der Waals surface area contributed by atoms with Crippen LogP contribution in [0.2, 0.25) is 0 Å². The minimum atomic E-state index is -1.05. The Hall–Kier alpha value is -1.58. The van der Waals surface area contributed by atoms with Crippen LogP contribution in [0.5, 0.6) is 0 Å². The lowest BCUT2D eigenvalue weighted by atomic mass is 9.89. The van der Waals surface area contributed by atoms with E-state index in [4.69, 9.17) is 4.74 Å². The molecule has 1 aliphatic heterocycles. The summed E-state index contributed by atoms with van der Waals surface area (Å²) in [7, 11) is 0. The van der Waals surface area contributed by atoms with Crippen molar-refractivity contribution in [2.24, 2.45) is 5.92 Å². The van der Waals surface area contributed by atoms with Crippen LogP contribution in [-0.4, -0.2) is 57.2 Å². The summed E-state index contributed by atoms with van der Waals surface area (Å²) >= 11 is 1.46. The van der Waals surface area contributed by atoms with E-state index in [-0.39, 0.29) is 48.6 Å². The minimum Gasteiger partial charge on any atom is -0.480 e. The van der Waals surface area contributed by atoms with E-state index < -0.39 is 23.7 Å². The Bertz CT molecular complexity index is 727. The van der Waals surface area contributed by atoms with Crippen molar-refractivity contribution in [2.45, 2.75) is 77.5 Å². The summed E-state index contributed by atoms with van der Waals surface area (Å²) in [4.78, 5) is 42.1. The van der Waals surface area contributed by atoms with Gasteiger partial charge in [0.1, 0.15) is 11.6 Å².